The second-order valence-electron chi connectivity index (χ2n) is 8.63. The Hall–Kier alpha value is -3.72. The van der Waals surface area contributed by atoms with Gasteiger partial charge in [0.1, 0.15) is 0 Å². The second kappa shape index (κ2) is 9.39. The molecule has 0 saturated carbocycles. The summed E-state index contributed by atoms with van der Waals surface area (Å²) in [5.41, 5.74) is -0.0906. The molecule has 5 rings (SSSR count). The molecule has 3 heterocycles. The van der Waals surface area contributed by atoms with Crippen molar-refractivity contribution in [3.63, 3.8) is 0 Å². The molecular weight excluding hydrogens is 493 g/mol. The van der Waals surface area contributed by atoms with Gasteiger partial charge in [-0.3, -0.25) is 9.59 Å². The van der Waals surface area contributed by atoms with Gasteiger partial charge in [0.25, 0.3) is 5.91 Å². The molecule has 0 atom stereocenters. The van der Waals surface area contributed by atoms with E-state index in [2.05, 4.69) is 10.1 Å². The summed E-state index contributed by atoms with van der Waals surface area (Å²) in [6, 6.07) is 17.4. The van der Waals surface area contributed by atoms with Crippen molar-refractivity contribution in [3.05, 3.63) is 88.7 Å². The maximum absolute atomic E-state index is 13.9. The normalized spacial score (nSPS) is 14.8. The molecule has 2 aromatic heterocycles. The topological polar surface area (TPSA) is 67.6 Å². The zero-order chi connectivity index (χ0) is 25.4. The van der Waals surface area contributed by atoms with Crippen LogP contribution in [0.25, 0.3) is 16.9 Å². The summed E-state index contributed by atoms with van der Waals surface area (Å²) in [6.07, 6.45) is -3.77. The lowest BCUT2D eigenvalue weighted by Gasteiger charge is -2.30. The maximum atomic E-state index is 13.9. The Balaban J connectivity index is 1.40. The molecule has 1 saturated heterocycles. The zero-order valence-corrected chi connectivity index (χ0v) is 19.6. The van der Waals surface area contributed by atoms with Crippen molar-refractivity contribution in [1.29, 1.82) is 0 Å². The summed E-state index contributed by atoms with van der Waals surface area (Å²) in [7, 11) is 0. The lowest BCUT2D eigenvalue weighted by Crippen LogP contribution is -2.40. The van der Waals surface area contributed by atoms with Crippen molar-refractivity contribution < 1.29 is 22.8 Å². The van der Waals surface area contributed by atoms with Gasteiger partial charge in [-0.1, -0.05) is 54.1 Å². The van der Waals surface area contributed by atoms with E-state index in [1.807, 2.05) is 6.07 Å². The highest BCUT2D eigenvalue weighted by atomic mass is 35.5. The lowest BCUT2D eigenvalue weighted by molar-refractivity contribution is -0.142. The van der Waals surface area contributed by atoms with E-state index in [0.717, 1.165) is 6.07 Å². The number of hydrogen-bond donors (Lipinski definition) is 0. The van der Waals surface area contributed by atoms with Crippen molar-refractivity contribution in [1.82, 2.24) is 19.5 Å². The Morgan fingerprint density at radius 1 is 0.944 bits per heavy atom. The van der Waals surface area contributed by atoms with Crippen molar-refractivity contribution in [2.45, 2.75) is 19.0 Å². The molecule has 1 aliphatic heterocycles. The van der Waals surface area contributed by atoms with Crippen molar-refractivity contribution in [2.24, 2.45) is 5.92 Å². The number of amides is 1. The molecule has 0 spiro atoms. The van der Waals surface area contributed by atoms with Crippen LogP contribution in [0.2, 0.25) is 5.02 Å². The Kier molecular flexibility index (Phi) is 6.26. The number of rotatable bonds is 4. The zero-order valence-electron chi connectivity index (χ0n) is 18.9. The van der Waals surface area contributed by atoms with Crippen LogP contribution < -0.4 is 0 Å². The number of Topliss-reactive ketones (excluding diaryl/α,β-unsaturated/α-hetero) is 1. The average Bonchev–Trinajstić information content (AvgIpc) is 3.32. The van der Waals surface area contributed by atoms with Crippen LogP contribution in [0.1, 0.15) is 39.4 Å². The molecule has 1 fully saturated rings. The van der Waals surface area contributed by atoms with E-state index in [0.29, 0.717) is 46.6 Å². The number of benzene rings is 2. The molecule has 0 radical (unpaired) electrons. The first-order valence-corrected chi connectivity index (χ1v) is 11.7. The Morgan fingerprint density at radius 2 is 1.61 bits per heavy atom. The molecule has 4 aromatic rings. The standard InChI is InChI=1S/C26H20ClF3N4O2/c27-19-8-6-16(7-9-19)20-14-22(26(28,29)30)34-23(31-20)15-21(32-34)25(36)33-12-10-18(11-13-33)24(35)17-4-2-1-3-5-17/h1-9,14-15,18H,10-13H2. The number of carbonyl (C=O) groups is 2. The van der Waals surface area contributed by atoms with Crippen LogP contribution in [0.15, 0.2) is 66.7 Å². The third-order valence-electron chi connectivity index (χ3n) is 6.29. The minimum atomic E-state index is -4.72. The number of alkyl halides is 3. The fourth-order valence-corrected chi connectivity index (χ4v) is 4.52. The third kappa shape index (κ3) is 4.70. The lowest BCUT2D eigenvalue weighted by atomic mass is 9.89. The molecule has 6 nitrogen and oxygen atoms in total. The number of hydrogen-bond acceptors (Lipinski definition) is 4. The summed E-state index contributed by atoms with van der Waals surface area (Å²) in [5.74, 6) is -0.672. The van der Waals surface area contributed by atoms with E-state index < -0.39 is 17.8 Å². The van der Waals surface area contributed by atoms with E-state index in [-0.39, 0.29) is 28.7 Å². The number of ketones is 1. The highest BCUT2D eigenvalue weighted by Gasteiger charge is 2.36. The minimum Gasteiger partial charge on any atom is -0.337 e. The first-order valence-electron chi connectivity index (χ1n) is 11.3. The van der Waals surface area contributed by atoms with Crippen LogP contribution >= 0.6 is 11.6 Å². The molecule has 0 unspecified atom stereocenters. The van der Waals surface area contributed by atoms with Crippen molar-refractivity contribution >= 4 is 28.9 Å². The fourth-order valence-electron chi connectivity index (χ4n) is 4.39. The summed E-state index contributed by atoms with van der Waals surface area (Å²) in [4.78, 5) is 31.7. The minimum absolute atomic E-state index is 0.0316. The van der Waals surface area contributed by atoms with E-state index in [4.69, 9.17) is 11.6 Å². The van der Waals surface area contributed by atoms with Crippen LogP contribution in [-0.2, 0) is 6.18 Å². The predicted octanol–water partition coefficient (Wildman–Crippen LogP) is 5.80. The number of piperidine rings is 1. The molecule has 10 heteroatoms. The molecule has 2 aromatic carbocycles. The number of likely N-dealkylation sites (tertiary alicyclic amines) is 1. The average molecular weight is 513 g/mol. The van der Waals surface area contributed by atoms with Gasteiger partial charge in [0.15, 0.2) is 22.8 Å². The Labute approximate surface area is 209 Å². The largest absolute Gasteiger partial charge is 0.433 e. The van der Waals surface area contributed by atoms with Crippen LogP contribution in [0, 0.1) is 5.92 Å². The predicted molar refractivity (Wildman–Crippen MR) is 128 cm³/mol. The Morgan fingerprint density at radius 3 is 2.25 bits per heavy atom. The van der Waals surface area contributed by atoms with E-state index in [1.54, 1.807) is 48.5 Å². The van der Waals surface area contributed by atoms with Gasteiger partial charge in [-0.05, 0) is 31.0 Å². The van der Waals surface area contributed by atoms with Crippen LogP contribution in [0.5, 0.6) is 0 Å². The van der Waals surface area contributed by atoms with Gasteiger partial charge in [-0.25, -0.2) is 9.50 Å². The molecule has 0 aliphatic carbocycles. The van der Waals surface area contributed by atoms with Gasteiger partial charge in [-0.2, -0.15) is 18.3 Å². The number of carbonyl (C=O) groups excluding carboxylic acids is 2. The van der Waals surface area contributed by atoms with Gasteiger partial charge in [0.2, 0.25) is 0 Å². The highest BCUT2D eigenvalue weighted by Crippen LogP contribution is 2.33. The van der Waals surface area contributed by atoms with Gasteiger partial charge in [0, 0.05) is 41.2 Å². The molecule has 1 amide bonds. The van der Waals surface area contributed by atoms with Gasteiger partial charge >= 0.3 is 6.18 Å². The molecule has 36 heavy (non-hydrogen) atoms. The quantitative estimate of drug-likeness (QED) is 0.324. The monoisotopic (exact) mass is 512 g/mol. The highest BCUT2D eigenvalue weighted by molar-refractivity contribution is 6.30. The van der Waals surface area contributed by atoms with Gasteiger partial charge in [0.05, 0.1) is 5.69 Å². The summed E-state index contributed by atoms with van der Waals surface area (Å²) in [6.45, 7) is 0.622. The molecular formula is C26H20ClF3N4O2. The first kappa shape index (κ1) is 24.0. The van der Waals surface area contributed by atoms with Crippen molar-refractivity contribution in [3.8, 4) is 11.3 Å². The second-order valence-corrected chi connectivity index (χ2v) is 9.06. The maximum Gasteiger partial charge on any atom is 0.433 e. The summed E-state index contributed by atoms with van der Waals surface area (Å²) >= 11 is 5.89. The number of nitrogens with zero attached hydrogens (tertiary/aromatic N) is 4. The van der Waals surface area contributed by atoms with Crippen LogP contribution in [0.4, 0.5) is 13.2 Å². The third-order valence-corrected chi connectivity index (χ3v) is 6.54. The van der Waals surface area contributed by atoms with E-state index in [1.165, 1.54) is 11.0 Å². The number of fused-ring (bicyclic) bond motifs is 1. The van der Waals surface area contributed by atoms with Crippen LogP contribution in [0.3, 0.4) is 0 Å². The SMILES string of the molecule is O=C(c1ccccc1)C1CCN(C(=O)c2cc3nc(-c4ccc(Cl)cc4)cc(C(F)(F)F)n3n2)CC1. The molecule has 1 aliphatic rings. The van der Waals surface area contributed by atoms with E-state index in [9.17, 15) is 22.8 Å². The smallest absolute Gasteiger partial charge is 0.337 e. The summed E-state index contributed by atoms with van der Waals surface area (Å²) in [5, 5.41) is 4.41. The number of aromatic nitrogens is 3. The molecule has 184 valence electrons. The van der Waals surface area contributed by atoms with E-state index >= 15 is 0 Å². The summed E-state index contributed by atoms with van der Waals surface area (Å²) < 4.78 is 42.2. The number of halogens is 4. The Bertz CT molecular complexity index is 1430. The molecule has 0 N–H and O–H groups in total. The first-order chi connectivity index (χ1) is 17.2. The van der Waals surface area contributed by atoms with Gasteiger partial charge < -0.3 is 4.90 Å². The van der Waals surface area contributed by atoms with Crippen LogP contribution in [-0.4, -0.2) is 44.3 Å². The van der Waals surface area contributed by atoms with Crippen molar-refractivity contribution in [2.75, 3.05) is 13.1 Å². The fraction of sp³-hybridized carbons (Fsp3) is 0.231. The molecule has 0 bridgehead atoms. The van der Waals surface area contributed by atoms with Gasteiger partial charge in [-0.15, -0.1) is 0 Å².